The zero-order valence-electron chi connectivity index (χ0n) is 9.72. The molecule has 0 fully saturated rings. The van der Waals surface area contributed by atoms with E-state index in [1.54, 1.807) is 0 Å². The number of nitrogens with two attached hydrogens (primary N) is 1. The van der Waals surface area contributed by atoms with E-state index in [-0.39, 0.29) is 12.0 Å². The highest BCUT2D eigenvalue weighted by Crippen LogP contribution is 2.22. The van der Waals surface area contributed by atoms with Crippen molar-refractivity contribution < 1.29 is 4.52 Å². The summed E-state index contributed by atoms with van der Waals surface area (Å²) in [4.78, 5) is 4.33. The first-order valence-corrected chi connectivity index (χ1v) is 6.51. The van der Waals surface area contributed by atoms with E-state index in [4.69, 9.17) is 10.3 Å². The van der Waals surface area contributed by atoms with Crippen LogP contribution in [0.3, 0.4) is 0 Å². The van der Waals surface area contributed by atoms with Gasteiger partial charge in [0.25, 0.3) is 5.89 Å². The first-order chi connectivity index (χ1) is 8.08. The van der Waals surface area contributed by atoms with E-state index in [0.717, 1.165) is 5.56 Å². The van der Waals surface area contributed by atoms with Crippen molar-refractivity contribution in [3.05, 3.63) is 33.7 Å². The van der Waals surface area contributed by atoms with Crippen molar-refractivity contribution in [2.24, 2.45) is 11.7 Å². The fourth-order valence-electron chi connectivity index (χ4n) is 1.38. The second kappa shape index (κ2) is 5.14. The van der Waals surface area contributed by atoms with Gasteiger partial charge < -0.3 is 10.3 Å². The molecular weight excluding hydrogens is 329 g/mol. The second-order valence-corrected chi connectivity index (χ2v) is 5.48. The molecule has 0 aliphatic carbocycles. The topological polar surface area (TPSA) is 64.9 Å². The van der Waals surface area contributed by atoms with Gasteiger partial charge in [0, 0.05) is 9.13 Å². The Balaban J connectivity index is 2.26. The average molecular weight is 343 g/mol. The van der Waals surface area contributed by atoms with Crippen LogP contribution in [0, 0.1) is 9.49 Å². The van der Waals surface area contributed by atoms with Crippen LogP contribution in [0.15, 0.2) is 28.8 Å². The maximum atomic E-state index is 5.97. The molecule has 0 amide bonds. The van der Waals surface area contributed by atoms with Gasteiger partial charge in [0.1, 0.15) is 0 Å². The molecule has 0 radical (unpaired) electrons. The summed E-state index contributed by atoms with van der Waals surface area (Å²) in [5.41, 5.74) is 6.88. The summed E-state index contributed by atoms with van der Waals surface area (Å²) in [6.45, 7) is 4.07. The first kappa shape index (κ1) is 12.5. The summed E-state index contributed by atoms with van der Waals surface area (Å²) in [5, 5.41) is 3.92. The molecular formula is C12H14IN3O. The van der Waals surface area contributed by atoms with Gasteiger partial charge in [0.05, 0.1) is 6.04 Å². The van der Waals surface area contributed by atoms with Gasteiger partial charge in [-0.25, -0.2) is 0 Å². The summed E-state index contributed by atoms with van der Waals surface area (Å²) >= 11 is 2.25. The van der Waals surface area contributed by atoms with Crippen molar-refractivity contribution >= 4 is 22.6 Å². The average Bonchev–Trinajstić information content (AvgIpc) is 2.78. The molecule has 0 saturated heterocycles. The molecule has 1 unspecified atom stereocenters. The normalized spacial score (nSPS) is 13.0. The van der Waals surface area contributed by atoms with Gasteiger partial charge in [-0.05, 0) is 52.8 Å². The van der Waals surface area contributed by atoms with Crippen LogP contribution in [0.1, 0.15) is 25.7 Å². The van der Waals surface area contributed by atoms with Crippen LogP contribution in [0.4, 0.5) is 0 Å². The smallest absolute Gasteiger partial charge is 0.257 e. The third-order valence-electron chi connectivity index (χ3n) is 2.55. The standard InChI is InChI=1S/C12H14IN3O/c1-7(2)10(14)11-15-12(17-16-11)8-3-5-9(13)6-4-8/h3-7,10H,14H2,1-2H3. The van der Waals surface area contributed by atoms with Crippen LogP contribution in [-0.4, -0.2) is 10.1 Å². The zero-order chi connectivity index (χ0) is 12.4. The lowest BCUT2D eigenvalue weighted by Gasteiger charge is -2.09. The molecule has 1 aromatic heterocycles. The molecule has 4 nitrogen and oxygen atoms in total. The Bertz CT molecular complexity index is 493. The van der Waals surface area contributed by atoms with E-state index in [1.807, 2.05) is 38.1 Å². The molecule has 0 saturated carbocycles. The molecule has 1 heterocycles. The number of rotatable bonds is 3. The van der Waals surface area contributed by atoms with E-state index < -0.39 is 0 Å². The van der Waals surface area contributed by atoms with E-state index in [1.165, 1.54) is 3.57 Å². The Morgan fingerprint density at radius 1 is 1.24 bits per heavy atom. The summed E-state index contributed by atoms with van der Waals surface area (Å²) in [6, 6.07) is 7.74. The van der Waals surface area contributed by atoms with E-state index in [9.17, 15) is 0 Å². The maximum absolute atomic E-state index is 5.97. The SMILES string of the molecule is CC(C)C(N)c1noc(-c2ccc(I)cc2)n1. The van der Waals surface area contributed by atoms with E-state index in [0.29, 0.717) is 11.7 Å². The lowest BCUT2D eigenvalue weighted by atomic mass is 10.1. The van der Waals surface area contributed by atoms with Gasteiger partial charge in [0.15, 0.2) is 5.82 Å². The van der Waals surface area contributed by atoms with Crippen LogP contribution in [-0.2, 0) is 0 Å². The van der Waals surface area contributed by atoms with E-state index in [2.05, 4.69) is 32.7 Å². The predicted molar refractivity (Wildman–Crippen MR) is 74.2 cm³/mol. The number of benzene rings is 1. The lowest BCUT2D eigenvalue weighted by molar-refractivity contribution is 0.400. The monoisotopic (exact) mass is 343 g/mol. The maximum Gasteiger partial charge on any atom is 0.257 e. The third-order valence-corrected chi connectivity index (χ3v) is 3.27. The highest BCUT2D eigenvalue weighted by atomic mass is 127. The largest absolute Gasteiger partial charge is 0.334 e. The van der Waals surface area contributed by atoms with Crippen molar-refractivity contribution in [3.8, 4) is 11.5 Å². The molecule has 0 aliphatic heterocycles. The second-order valence-electron chi connectivity index (χ2n) is 4.23. The van der Waals surface area contributed by atoms with Crippen molar-refractivity contribution in [1.29, 1.82) is 0 Å². The lowest BCUT2D eigenvalue weighted by Crippen LogP contribution is -2.18. The van der Waals surface area contributed by atoms with Crippen LogP contribution in [0.2, 0.25) is 0 Å². The van der Waals surface area contributed by atoms with Gasteiger partial charge in [-0.15, -0.1) is 0 Å². The first-order valence-electron chi connectivity index (χ1n) is 5.43. The fraction of sp³-hybridized carbons (Fsp3) is 0.333. The minimum absolute atomic E-state index is 0.184. The van der Waals surface area contributed by atoms with Gasteiger partial charge in [-0.3, -0.25) is 0 Å². The van der Waals surface area contributed by atoms with Crippen molar-refractivity contribution in [2.45, 2.75) is 19.9 Å². The van der Waals surface area contributed by atoms with Gasteiger partial charge in [-0.2, -0.15) is 4.98 Å². The number of hydrogen-bond acceptors (Lipinski definition) is 4. The van der Waals surface area contributed by atoms with Crippen LogP contribution in [0.5, 0.6) is 0 Å². The Morgan fingerprint density at radius 2 is 1.88 bits per heavy atom. The fourth-order valence-corrected chi connectivity index (χ4v) is 1.74. The molecule has 5 heteroatoms. The molecule has 2 N–H and O–H groups in total. The van der Waals surface area contributed by atoms with Crippen LogP contribution in [0.25, 0.3) is 11.5 Å². The third kappa shape index (κ3) is 2.84. The van der Waals surface area contributed by atoms with Gasteiger partial charge >= 0.3 is 0 Å². The Morgan fingerprint density at radius 3 is 2.47 bits per heavy atom. The van der Waals surface area contributed by atoms with Crippen LogP contribution >= 0.6 is 22.6 Å². The van der Waals surface area contributed by atoms with Crippen molar-refractivity contribution in [2.75, 3.05) is 0 Å². The summed E-state index contributed by atoms with van der Waals surface area (Å²) < 4.78 is 6.39. The molecule has 90 valence electrons. The minimum Gasteiger partial charge on any atom is -0.334 e. The zero-order valence-corrected chi connectivity index (χ0v) is 11.9. The van der Waals surface area contributed by atoms with Gasteiger partial charge in [-0.1, -0.05) is 19.0 Å². The Hall–Kier alpha value is -0.950. The highest BCUT2D eigenvalue weighted by Gasteiger charge is 2.17. The molecule has 0 spiro atoms. The highest BCUT2D eigenvalue weighted by molar-refractivity contribution is 14.1. The molecule has 1 aromatic carbocycles. The predicted octanol–water partition coefficient (Wildman–Crippen LogP) is 3.00. The number of nitrogens with zero attached hydrogens (tertiary/aromatic N) is 2. The molecule has 2 aromatic rings. The summed E-state index contributed by atoms with van der Waals surface area (Å²) in [7, 11) is 0. The quantitative estimate of drug-likeness (QED) is 0.871. The molecule has 17 heavy (non-hydrogen) atoms. The number of halogens is 1. The minimum atomic E-state index is -0.184. The van der Waals surface area contributed by atoms with Gasteiger partial charge in [0.2, 0.25) is 0 Å². The molecule has 1 atom stereocenters. The Labute approximate surface area is 114 Å². The van der Waals surface area contributed by atoms with E-state index >= 15 is 0 Å². The number of aromatic nitrogens is 2. The molecule has 0 bridgehead atoms. The van der Waals surface area contributed by atoms with Crippen molar-refractivity contribution in [3.63, 3.8) is 0 Å². The van der Waals surface area contributed by atoms with Crippen LogP contribution < -0.4 is 5.73 Å². The summed E-state index contributed by atoms with van der Waals surface area (Å²) in [5.74, 6) is 1.37. The summed E-state index contributed by atoms with van der Waals surface area (Å²) in [6.07, 6.45) is 0. The molecule has 2 rings (SSSR count). The number of hydrogen-bond donors (Lipinski definition) is 1. The molecule has 0 aliphatic rings. The Kier molecular flexibility index (Phi) is 3.78. The van der Waals surface area contributed by atoms with Crippen molar-refractivity contribution in [1.82, 2.24) is 10.1 Å².